The van der Waals surface area contributed by atoms with Crippen LogP contribution in [0.25, 0.3) is 0 Å². The van der Waals surface area contributed by atoms with Crippen LogP contribution in [0.15, 0.2) is 11.0 Å². The number of aliphatic hydroxyl groups is 3. The number of thioether (sulfide) groups is 1. The van der Waals surface area contributed by atoms with Crippen LogP contribution in [0.4, 0.5) is 10.2 Å². The van der Waals surface area contributed by atoms with Crippen molar-refractivity contribution in [3.63, 3.8) is 0 Å². The maximum absolute atomic E-state index is 13.3. The summed E-state index contributed by atoms with van der Waals surface area (Å²) in [7, 11) is 0. The summed E-state index contributed by atoms with van der Waals surface area (Å²) in [6.45, 7) is -0.313. The lowest BCUT2D eigenvalue weighted by Crippen LogP contribution is -2.37. The zero-order valence-electron chi connectivity index (χ0n) is 9.08. The number of anilines is 1. The van der Waals surface area contributed by atoms with Crippen molar-refractivity contribution in [3.8, 4) is 0 Å². The number of aromatic nitrogens is 2. The van der Waals surface area contributed by atoms with Crippen LogP contribution < -0.4 is 11.0 Å². The number of hydrogen-bond acceptors (Lipinski definition) is 7. The van der Waals surface area contributed by atoms with Gasteiger partial charge in [-0.05, 0) is 0 Å². The first-order valence-corrected chi connectivity index (χ1v) is 6.11. The van der Waals surface area contributed by atoms with E-state index in [9.17, 15) is 19.4 Å². The van der Waals surface area contributed by atoms with E-state index in [1.807, 2.05) is 0 Å². The molecule has 0 aromatic carbocycles. The van der Waals surface area contributed by atoms with Crippen molar-refractivity contribution >= 4 is 17.6 Å². The van der Waals surface area contributed by atoms with Gasteiger partial charge in [0.25, 0.3) is 0 Å². The minimum Gasteiger partial charge on any atom is -0.395 e. The Bertz CT molecular complexity index is 485. The highest BCUT2D eigenvalue weighted by molar-refractivity contribution is 8.01. The van der Waals surface area contributed by atoms with Gasteiger partial charge in [0.05, 0.1) is 18.0 Å². The maximum atomic E-state index is 13.3. The number of rotatable bonds is 3. The van der Waals surface area contributed by atoms with Crippen molar-refractivity contribution in [1.29, 1.82) is 0 Å². The predicted molar refractivity (Wildman–Crippen MR) is 62.7 cm³/mol. The third-order valence-corrected chi connectivity index (χ3v) is 4.05. The summed E-state index contributed by atoms with van der Waals surface area (Å²) in [6.07, 6.45) is -1.46. The number of nitrogens with one attached hydrogen (secondary N) is 2. The van der Waals surface area contributed by atoms with Gasteiger partial charge in [0.2, 0.25) is 0 Å². The Labute approximate surface area is 105 Å². The third kappa shape index (κ3) is 2.48. The Morgan fingerprint density at radius 3 is 2.83 bits per heavy atom. The van der Waals surface area contributed by atoms with Gasteiger partial charge in [-0.1, -0.05) is 0 Å². The van der Waals surface area contributed by atoms with Gasteiger partial charge in [-0.25, -0.2) is 9.18 Å². The Morgan fingerprint density at radius 2 is 2.22 bits per heavy atom. The van der Waals surface area contributed by atoms with Gasteiger partial charge < -0.3 is 25.6 Å². The molecule has 0 bridgehead atoms. The van der Waals surface area contributed by atoms with Crippen LogP contribution in [-0.4, -0.2) is 54.7 Å². The summed E-state index contributed by atoms with van der Waals surface area (Å²) >= 11 is 1.06. The second-order valence-corrected chi connectivity index (χ2v) is 5.19. The SMILES string of the molecule is O=c1nc(N[C@@H]2S[C@H](CO)[C@@H](O)[C@@H]2O)c(F)c[nH]1. The zero-order chi connectivity index (χ0) is 13.3. The maximum Gasteiger partial charge on any atom is 0.347 e. The molecule has 9 heteroatoms. The molecule has 0 aliphatic carbocycles. The number of H-pyrrole nitrogens is 1. The molecule has 0 amide bonds. The Kier molecular flexibility index (Phi) is 3.85. The molecule has 100 valence electrons. The number of nitrogens with zero attached hydrogens (tertiary/aromatic N) is 1. The van der Waals surface area contributed by atoms with Crippen LogP contribution in [0.1, 0.15) is 0 Å². The zero-order valence-corrected chi connectivity index (χ0v) is 9.89. The summed E-state index contributed by atoms with van der Waals surface area (Å²) in [5.74, 6) is -1.08. The molecule has 1 aromatic rings. The Hall–Kier alpha value is -1.16. The largest absolute Gasteiger partial charge is 0.395 e. The van der Waals surface area contributed by atoms with Crippen LogP contribution in [0.5, 0.6) is 0 Å². The Balaban J connectivity index is 2.15. The van der Waals surface area contributed by atoms with E-state index in [4.69, 9.17) is 5.11 Å². The second-order valence-electron chi connectivity index (χ2n) is 3.81. The molecule has 0 radical (unpaired) electrons. The lowest BCUT2D eigenvalue weighted by Gasteiger charge is -2.17. The van der Waals surface area contributed by atoms with Gasteiger partial charge in [-0.3, -0.25) is 0 Å². The number of aromatic amines is 1. The molecule has 1 aliphatic heterocycles. The molecule has 1 saturated heterocycles. The Morgan fingerprint density at radius 1 is 1.50 bits per heavy atom. The number of halogens is 1. The fourth-order valence-electron chi connectivity index (χ4n) is 1.64. The van der Waals surface area contributed by atoms with Crippen molar-refractivity contribution in [2.24, 2.45) is 0 Å². The smallest absolute Gasteiger partial charge is 0.347 e. The van der Waals surface area contributed by atoms with Gasteiger partial charge in [0, 0.05) is 6.20 Å². The molecule has 2 heterocycles. The van der Waals surface area contributed by atoms with Gasteiger partial charge in [-0.15, -0.1) is 11.8 Å². The summed E-state index contributed by atoms with van der Waals surface area (Å²) in [5, 5.41) is 29.5. The molecule has 0 saturated carbocycles. The van der Waals surface area contributed by atoms with Crippen molar-refractivity contribution in [2.75, 3.05) is 11.9 Å². The third-order valence-electron chi connectivity index (χ3n) is 2.58. The van der Waals surface area contributed by atoms with E-state index in [-0.39, 0.29) is 12.4 Å². The molecular formula is C9H12FN3O4S. The van der Waals surface area contributed by atoms with Crippen molar-refractivity contribution in [3.05, 3.63) is 22.5 Å². The molecular weight excluding hydrogens is 265 g/mol. The summed E-state index contributed by atoms with van der Waals surface area (Å²) < 4.78 is 13.3. The topological polar surface area (TPSA) is 118 Å². The first-order chi connectivity index (χ1) is 8.52. The molecule has 7 nitrogen and oxygen atoms in total. The lowest BCUT2D eigenvalue weighted by molar-refractivity contribution is 0.0230. The van der Waals surface area contributed by atoms with Crippen LogP contribution in [0.3, 0.4) is 0 Å². The summed E-state index contributed by atoms with van der Waals surface area (Å²) in [4.78, 5) is 16.4. The van der Waals surface area contributed by atoms with Crippen molar-refractivity contribution in [1.82, 2.24) is 9.97 Å². The van der Waals surface area contributed by atoms with Gasteiger partial charge in [0.15, 0.2) is 11.6 Å². The van der Waals surface area contributed by atoms with Crippen molar-refractivity contribution < 1.29 is 19.7 Å². The standard InChI is InChI=1S/C9H12FN3O4S/c10-3-1-11-9(17)13-7(3)12-8-6(16)5(15)4(2-14)18-8/h1,4-6,8,14-16H,2H2,(H2,11,12,13,17)/t4-,5-,6+,8-/m1/s1. The van der Waals surface area contributed by atoms with E-state index < -0.39 is 34.3 Å². The number of hydrogen-bond donors (Lipinski definition) is 5. The van der Waals surface area contributed by atoms with Crippen LogP contribution in [0.2, 0.25) is 0 Å². The molecule has 2 rings (SSSR count). The monoisotopic (exact) mass is 277 g/mol. The predicted octanol–water partition coefficient (Wildman–Crippen LogP) is -1.52. The highest BCUT2D eigenvalue weighted by Gasteiger charge is 2.42. The van der Waals surface area contributed by atoms with Crippen LogP contribution in [0, 0.1) is 5.82 Å². The molecule has 18 heavy (non-hydrogen) atoms. The lowest BCUT2D eigenvalue weighted by atomic mass is 10.1. The van der Waals surface area contributed by atoms with E-state index >= 15 is 0 Å². The second kappa shape index (κ2) is 5.22. The fourth-order valence-corrected chi connectivity index (χ4v) is 2.92. The van der Waals surface area contributed by atoms with E-state index in [2.05, 4.69) is 15.3 Å². The average Bonchev–Trinajstić information content (AvgIpc) is 2.62. The molecule has 1 aromatic heterocycles. The minimum atomic E-state index is -1.19. The number of aliphatic hydroxyl groups excluding tert-OH is 3. The highest BCUT2D eigenvalue weighted by atomic mass is 32.2. The fraction of sp³-hybridized carbons (Fsp3) is 0.556. The quantitative estimate of drug-likeness (QED) is 0.455. The molecule has 1 aliphatic rings. The molecule has 0 spiro atoms. The van der Waals surface area contributed by atoms with Crippen molar-refractivity contribution in [2.45, 2.75) is 22.8 Å². The summed E-state index contributed by atoms with van der Waals surface area (Å²) in [5.41, 5.74) is -0.726. The molecule has 5 N–H and O–H groups in total. The van der Waals surface area contributed by atoms with Gasteiger partial charge in [-0.2, -0.15) is 4.98 Å². The molecule has 1 fully saturated rings. The van der Waals surface area contributed by atoms with Gasteiger partial charge in [0.1, 0.15) is 11.5 Å². The first-order valence-electron chi connectivity index (χ1n) is 5.17. The minimum absolute atomic E-state index is 0.305. The van der Waals surface area contributed by atoms with E-state index in [1.54, 1.807) is 0 Å². The average molecular weight is 277 g/mol. The van der Waals surface area contributed by atoms with E-state index in [0.717, 1.165) is 18.0 Å². The normalized spacial score (nSPS) is 31.6. The van der Waals surface area contributed by atoms with E-state index in [0.29, 0.717) is 0 Å². The van der Waals surface area contributed by atoms with Crippen LogP contribution in [-0.2, 0) is 0 Å². The van der Waals surface area contributed by atoms with Crippen LogP contribution >= 0.6 is 11.8 Å². The first kappa shape index (κ1) is 13.3. The summed E-state index contributed by atoms with van der Waals surface area (Å²) in [6, 6.07) is 0. The van der Waals surface area contributed by atoms with Gasteiger partial charge >= 0.3 is 5.69 Å². The molecule has 4 atom stereocenters. The molecule has 0 unspecified atom stereocenters. The highest BCUT2D eigenvalue weighted by Crippen LogP contribution is 2.34. The van der Waals surface area contributed by atoms with E-state index in [1.165, 1.54) is 0 Å².